The molecule has 0 amide bonds. The van der Waals surface area contributed by atoms with Crippen LogP contribution in [0.15, 0.2) is 12.5 Å². The summed E-state index contributed by atoms with van der Waals surface area (Å²) in [4.78, 5) is 6.82. The van der Waals surface area contributed by atoms with Crippen molar-refractivity contribution in [2.75, 3.05) is 13.1 Å². The van der Waals surface area contributed by atoms with Crippen molar-refractivity contribution in [3.8, 4) is 0 Å². The standard InChI is InChI=1S/C11H19N3S2/c1-11(2,16-15)14-5-4-9(7-14)10-6-12-8-13(10)3/h6,8-9,15H,4-5,7H2,1-3H3. The Labute approximate surface area is 106 Å². The molecule has 1 aliphatic heterocycles. The van der Waals surface area contributed by atoms with Crippen molar-refractivity contribution in [2.45, 2.75) is 31.1 Å². The van der Waals surface area contributed by atoms with Gasteiger partial charge in [0, 0.05) is 37.9 Å². The smallest absolute Gasteiger partial charge is 0.0945 e. The Morgan fingerprint density at radius 2 is 2.31 bits per heavy atom. The number of hydrogen-bond donors (Lipinski definition) is 1. The fraction of sp³-hybridized carbons (Fsp3) is 0.727. The van der Waals surface area contributed by atoms with Gasteiger partial charge in [-0.05, 0) is 20.3 Å². The number of likely N-dealkylation sites (tertiary alicyclic amines) is 1. The predicted octanol–water partition coefficient (Wildman–Crippen LogP) is 2.52. The van der Waals surface area contributed by atoms with Gasteiger partial charge in [-0.25, -0.2) is 4.98 Å². The lowest BCUT2D eigenvalue weighted by Crippen LogP contribution is -2.38. The van der Waals surface area contributed by atoms with Crippen LogP contribution < -0.4 is 0 Å². The largest absolute Gasteiger partial charge is 0.337 e. The molecule has 1 unspecified atom stereocenters. The van der Waals surface area contributed by atoms with Crippen LogP contribution in [0.4, 0.5) is 0 Å². The monoisotopic (exact) mass is 257 g/mol. The first kappa shape index (κ1) is 12.3. The van der Waals surface area contributed by atoms with Crippen molar-refractivity contribution in [1.82, 2.24) is 14.5 Å². The van der Waals surface area contributed by atoms with Crippen LogP contribution in [0, 0.1) is 0 Å². The van der Waals surface area contributed by atoms with E-state index in [1.54, 1.807) is 10.8 Å². The lowest BCUT2D eigenvalue weighted by atomic mass is 10.1. The Morgan fingerprint density at radius 1 is 1.56 bits per heavy atom. The Hall–Kier alpha value is -0.130. The summed E-state index contributed by atoms with van der Waals surface area (Å²) in [6.45, 7) is 6.73. The quantitative estimate of drug-likeness (QED) is 0.664. The molecule has 2 rings (SSSR count). The Balaban J connectivity index is 2.07. The second-order valence-corrected chi connectivity index (χ2v) is 6.63. The van der Waals surface area contributed by atoms with Crippen molar-refractivity contribution in [3.05, 3.63) is 18.2 Å². The van der Waals surface area contributed by atoms with Crippen molar-refractivity contribution >= 4 is 22.5 Å². The molecule has 0 bridgehead atoms. The normalized spacial score (nSPS) is 22.9. The highest BCUT2D eigenvalue weighted by molar-refractivity contribution is 8.69. The first-order valence-corrected chi connectivity index (χ1v) is 7.45. The molecule has 1 aliphatic rings. The van der Waals surface area contributed by atoms with E-state index < -0.39 is 0 Å². The summed E-state index contributed by atoms with van der Waals surface area (Å²) in [5.74, 6) is 0.618. The average Bonchev–Trinajstić information content (AvgIpc) is 2.85. The summed E-state index contributed by atoms with van der Waals surface area (Å²) in [5.41, 5.74) is 1.35. The number of aryl methyl sites for hydroxylation is 1. The molecule has 0 aliphatic carbocycles. The lowest BCUT2D eigenvalue weighted by molar-refractivity contribution is 0.243. The molecular weight excluding hydrogens is 238 g/mol. The molecular formula is C11H19N3S2. The van der Waals surface area contributed by atoms with E-state index in [0.717, 1.165) is 13.1 Å². The summed E-state index contributed by atoms with van der Waals surface area (Å²) in [6, 6.07) is 0. The van der Waals surface area contributed by atoms with Crippen molar-refractivity contribution in [1.29, 1.82) is 0 Å². The molecule has 1 aromatic heterocycles. The molecule has 2 heterocycles. The van der Waals surface area contributed by atoms with Gasteiger partial charge in [0.2, 0.25) is 0 Å². The van der Waals surface area contributed by atoms with Crippen molar-refractivity contribution in [2.24, 2.45) is 7.05 Å². The van der Waals surface area contributed by atoms with Gasteiger partial charge < -0.3 is 4.57 Å². The van der Waals surface area contributed by atoms with E-state index in [9.17, 15) is 0 Å². The molecule has 90 valence electrons. The zero-order chi connectivity index (χ0) is 11.8. The van der Waals surface area contributed by atoms with Crippen molar-refractivity contribution < 1.29 is 0 Å². The summed E-state index contributed by atoms with van der Waals surface area (Å²) < 4.78 is 2.13. The maximum Gasteiger partial charge on any atom is 0.0945 e. The zero-order valence-corrected chi connectivity index (χ0v) is 11.8. The number of hydrogen-bond acceptors (Lipinski definition) is 4. The second kappa shape index (κ2) is 4.63. The van der Waals surface area contributed by atoms with Gasteiger partial charge in [0.1, 0.15) is 0 Å². The van der Waals surface area contributed by atoms with E-state index in [1.807, 2.05) is 12.5 Å². The van der Waals surface area contributed by atoms with Gasteiger partial charge >= 0.3 is 0 Å². The van der Waals surface area contributed by atoms with Crippen LogP contribution in [-0.2, 0) is 7.05 Å². The Morgan fingerprint density at radius 3 is 2.88 bits per heavy atom. The third-order valence-corrected chi connectivity index (χ3v) is 5.49. The molecule has 0 spiro atoms. The lowest BCUT2D eigenvalue weighted by Gasteiger charge is -2.33. The number of rotatable bonds is 3. The third kappa shape index (κ3) is 2.26. The molecule has 5 heteroatoms. The van der Waals surface area contributed by atoms with Gasteiger partial charge in [-0.1, -0.05) is 10.8 Å². The summed E-state index contributed by atoms with van der Waals surface area (Å²) in [5, 5.41) is 0. The molecule has 3 nitrogen and oxygen atoms in total. The molecule has 1 aromatic rings. The van der Waals surface area contributed by atoms with Crippen LogP contribution in [0.25, 0.3) is 0 Å². The summed E-state index contributed by atoms with van der Waals surface area (Å²) in [7, 11) is 3.70. The molecule has 1 saturated heterocycles. The molecule has 1 atom stereocenters. The Kier molecular flexibility index (Phi) is 3.56. The van der Waals surface area contributed by atoms with Crippen LogP contribution in [-0.4, -0.2) is 32.4 Å². The molecule has 0 N–H and O–H groups in total. The highest BCUT2D eigenvalue weighted by Crippen LogP contribution is 2.37. The zero-order valence-electron chi connectivity index (χ0n) is 10.1. The fourth-order valence-electron chi connectivity index (χ4n) is 2.31. The third-order valence-electron chi connectivity index (χ3n) is 3.45. The van der Waals surface area contributed by atoms with Crippen molar-refractivity contribution in [3.63, 3.8) is 0 Å². The first-order chi connectivity index (χ1) is 7.54. The van der Waals surface area contributed by atoms with E-state index in [0.29, 0.717) is 5.92 Å². The molecule has 1 fully saturated rings. The fourth-order valence-corrected chi connectivity index (χ4v) is 2.94. The predicted molar refractivity (Wildman–Crippen MR) is 72.8 cm³/mol. The maximum atomic E-state index is 4.36. The van der Waals surface area contributed by atoms with E-state index >= 15 is 0 Å². The van der Waals surface area contributed by atoms with Gasteiger partial charge in [0.05, 0.1) is 11.2 Å². The minimum absolute atomic E-state index is 0.121. The molecule has 0 aromatic carbocycles. The first-order valence-electron chi connectivity index (χ1n) is 5.58. The summed E-state index contributed by atoms with van der Waals surface area (Å²) >= 11 is 4.36. The average molecular weight is 257 g/mol. The minimum Gasteiger partial charge on any atom is -0.337 e. The minimum atomic E-state index is 0.121. The van der Waals surface area contributed by atoms with Crippen LogP contribution in [0.2, 0.25) is 0 Å². The van der Waals surface area contributed by atoms with Gasteiger partial charge in [0.25, 0.3) is 0 Å². The number of imidazole rings is 1. The highest BCUT2D eigenvalue weighted by Gasteiger charge is 2.34. The number of aromatic nitrogens is 2. The topological polar surface area (TPSA) is 21.1 Å². The van der Waals surface area contributed by atoms with E-state index in [4.69, 9.17) is 0 Å². The SMILES string of the molecule is Cn1cncc1C1CCN(C(C)(C)SS)C1. The molecule has 0 radical (unpaired) electrons. The number of nitrogens with zero attached hydrogens (tertiary/aromatic N) is 3. The van der Waals surface area contributed by atoms with Crippen LogP contribution in [0.5, 0.6) is 0 Å². The summed E-state index contributed by atoms with van der Waals surface area (Å²) in [6.07, 6.45) is 5.10. The van der Waals surface area contributed by atoms with E-state index in [1.165, 1.54) is 12.1 Å². The van der Waals surface area contributed by atoms with E-state index in [-0.39, 0.29) is 4.87 Å². The molecule has 0 saturated carbocycles. The maximum absolute atomic E-state index is 4.36. The van der Waals surface area contributed by atoms with Crippen LogP contribution >= 0.6 is 22.5 Å². The van der Waals surface area contributed by atoms with Crippen LogP contribution in [0.3, 0.4) is 0 Å². The molecule has 16 heavy (non-hydrogen) atoms. The van der Waals surface area contributed by atoms with Gasteiger partial charge in [0.15, 0.2) is 0 Å². The number of thiol groups is 1. The van der Waals surface area contributed by atoms with Gasteiger partial charge in [-0.2, -0.15) is 0 Å². The van der Waals surface area contributed by atoms with Gasteiger partial charge in [-0.3, -0.25) is 4.90 Å². The second-order valence-electron chi connectivity index (χ2n) is 4.90. The highest BCUT2D eigenvalue weighted by atomic mass is 33.1. The Bertz CT molecular complexity index is 362. The van der Waals surface area contributed by atoms with Crippen LogP contribution in [0.1, 0.15) is 31.9 Å². The van der Waals surface area contributed by atoms with Gasteiger partial charge in [-0.15, -0.1) is 11.7 Å². The van der Waals surface area contributed by atoms with E-state index in [2.05, 4.69) is 47.0 Å².